The normalized spacial score (nSPS) is 18.3. The predicted octanol–water partition coefficient (Wildman–Crippen LogP) is 2.39. The summed E-state index contributed by atoms with van der Waals surface area (Å²) in [6.45, 7) is 0.944. The predicted molar refractivity (Wildman–Crippen MR) is 74.9 cm³/mol. The van der Waals surface area contributed by atoms with Gasteiger partial charge in [0.15, 0.2) is 11.6 Å². The molecule has 1 aromatic carbocycles. The molecule has 6 heteroatoms. The average Bonchev–Trinajstić information content (AvgIpc) is 2.49. The van der Waals surface area contributed by atoms with Crippen LogP contribution >= 0.6 is 0 Å². The van der Waals surface area contributed by atoms with Crippen molar-refractivity contribution in [3.8, 4) is 0 Å². The van der Waals surface area contributed by atoms with Crippen molar-refractivity contribution >= 4 is 17.4 Å². The molecule has 0 spiro atoms. The van der Waals surface area contributed by atoms with E-state index in [-0.39, 0.29) is 18.2 Å². The summed E-state index contributed by atoms with van der Waals surface area (Å²) in [4.78, 5) is 23.4. The molecule has 0 radical (unpaired) electrons. The summed E-state index contributed by atoms with van der Waals surface area (Å²) < 4.78 is 25.8. The van der Waals surface area contributed by atoms with E-state index >= 15 is 0 Å². The number of Topliss-reactive ketones (excluding diaryl/α,β-unsaturated/α-hetero) is 1. The van der Waals surface area contributed by atoms with Crippen molar-refractivity contribution in [2.45, 2.75) is 38.1 Å². The van der Waals surface area contributed by atoms with Gasteiger partial charge in [-0.3, -0.25) is 9.59 Å². The fourth-order valence-corrected chi connectivity index (χ4v) is 2.36. The minimum atomic E-state index is -1.06. The van der Waals surface area contributed by atoms with Crippen LogP contribution in [0.4, 0.5) is 14.5 Å². The Morgan fingerprint density at radius 1 is 1.24 bits per heavy atom. The van der Waals surface area contributed by atoms with Crippen molar-refractivity contribution in [3.63, 3.8) is 0 Å². The summed E-state index contributed by atoms with van der Waals surface area (Å²) in [5, 5.41) is 5.58. The summed E-state index contributed by atoms with van der Waals surface area (Å²) in [6.07, 6.45) is 4.04. The summed E-state index contributed by atoms with van der Waals surface area (Å²) >= 11 is 0. The summed E-state index contributed by atoms with van der Waals surface area (Å²) in [7, 11) is 0. The Morgan fingerprint density at radius 3 is 2.71 bits per heavy atom. The van der Waals surface area contributed by atoms with Crippen molar-refractivity contribution in [1.29, 1.82) is 0 Å². The highest BCUT2D eigenvalue weighted by Gasteiger charge is 2.18. The minimum Gasteiger partial charge on any atom is -0.319 e. The average molecular weight is 296 g/mol. The van der Waals surface area contributed by atoms with Crippen molar-refractivity contribution in [3.05, 3.63) is 29.8 Å². The molecule has 1 atom stereocenters. The van der Waals surface area contributed by atoms with Gasteiger partial charge < -0.3 is 10.6 Å². The van der Waals surface area contributed by atoms with Crippen molar-refractivity contribution in [1.82, 2.24) is 5.32 Å². The van der Waals surface area contributed by atoms with E-state index in [1.807, 2.05) is 0 Å². The van der Waals surface area contributed by atoms with E-state index in [2.05, 4.69) is 10.6 Å². The number of benzene rings is 1. The number of ketones is 1. The van der Waals surface area contributed by atoms with Gasteiger partial charge in [-0.1, -0.05) is 6.42 Å². The van der Waals surface area contributed by atoms with Gasteiger partial charge in [-0.15, -0.1) is 0 Å². The highest BCUT2D eigenvalue weighted by Crippen LogP contribution is 2.14. The van der Waals surface area contributed by atoms with Gasteiger partial charge >= 0.3 is 0 Å². The van der Waals surface area contributed by atoms with E-state index in [0.717, 1.165) is 37.9 Å². The highest BCUT2D eigenvalue weighted by molar-refractivity contribution is 6.40. The Hall–Kier alpha value is -1.82. The van der Waals surface area contributed by atoms with Crippen LogP contribution in [-0.4, -0.2) is 24.3 Å². The van der Waals surface area contributed by atoms with Gasteiger partial charge in [0.2, 0.25) is 5.78 Å². The SMILES string of the molecule is O=C(CCC1CCCCN1)C(=O)Nc1ccc(F)c(F)c1. The number of piperidine rings is 1. The first-order chi connectivity index (χ1) is 10.1. The number of carbonyl (C=O) groups excluding carboxylic acids is 2. The smallest absolute Gasteiger partial charge is 0.291 e. The zero-order valence-corrected chi connectivity index (χ0v) is 11.6. The van der Waals surface area contributed by atoms with E-state index in [4.69, 9.17) is 0 Å². The van der Waals surface area contributed by atoms with Crippen LogP contribution in [0.3, 0.4) is 0 Å². The molecule has 21 heavy (non-hydrogen) atoms. The molecule has 1 amide bonds. The molecule has 1 unspecified atom stereocenters. The zero-order valence-electron chi connectivity index (χ0n) is 11.6. The van der Waals surface area contributed by atoms with E-state index < -0.39 is 23.3 Å². The molecule has 2 rings (SSSR count). The standard InChI is InChI=1S/C15H18F2N2O2/c16-12-6-4-11(9-13(12)17)19-15(21)14(20)7-5-10-3-1-2-8-18-10/h4,6,9-10,18H,1-3,5,7-8H2,(H,19,21). The number of nitrogens with one attached hydrogen (secondary N) is 2. The molecule has 0 aromatic heterocycles. The van der Waals surface area contributed by atoms with Gasteiger partial charge in [0.1, 0.15) is 0 Å². The zero-order chi connectivity index (χ0) is 15.2. The number of hydrogen-bond donors (Lipinski definition) is 2. The molecule has 1 saturated heterocycles. The third-order valence-corrected chi connectivity index (χ3v) is 3.56. The van der Waals surface area contributed by atoms with Crippen LogP contribution in [-0.2, 0) is 9.59 Å². The van der Waals surface area contributed by atoms with Crippen LogP contribution in [0.25, 0.3) is 0 Å². The quantitative estimate of drug-likeness (QED) is 0.820. The Labute approximate surface area is 121 Å². The number of anilines is 1. The summed E-state index contributed by atoms with van der Waals surface area (Å²) in [5.74, 6) is -3.40. The molecular weight excluding hydrogens is 278 g/mol. The molecule has 0 aliphatic carbocycles. The van der Waals surface area contributed by atoms with Crippen LogP contribution in [0, 0.1) is 11.6 Å². The monoisotopic (exact) mass is 296 g/mol. The van der Waals surface area contributed by atoms with Gasteiger partial charge in [0.05, 0.1) is 0 Å². The lowest BCUT2D eigenvalue weighted by atomic mass is 9.99. The first-order valence-electron chi connectivity index (χ1n) is 7.09. The maximum Gasteiger partial charge on any atom is 0.291 e. The number of amides is 1. The second kappa shape index (κ2) is 7.26. The third kappa shape index (κ3) is 4.60. The first kappa shape index (κ1) is 15.6. The Kier molecular flexibility index (Phi) is 5.38. The maximum atomic E-state index is 13.0. The van der Waals surface area contributed by atoms with E-state index in [1.54, 1.807) is 0 Å². The summed E-state index contributed by atoms with van der Waals surface area (Å²) in [5.41, 5.74) is 0.0723. The lowest BCUT2D eigenvalue weighted by Crippen LogP contribution is -2.35. The van der Waals surface area contributed by atoms with E-state index in [0.29, 0.717) is 6.42 Å². The largest absolute Gasteiger partial charge is 0.319 e. The summed E-state index contributed by atoms with van der Waals surface area (Å²) in [6, 6.07) is 3.25. The molecule has 0 bridgehead atoms. The Balaban J connectivity index is 1.81. The van der Waals surface area contributed by atoms with Crippen LogP contribution < -0.4 is 10.6 Å². The molecule has 4 nitrogen and oxygen atoms in total. The first-order valence-corrected chi connectivity index (χ1v) is 7.09. The lowest BCUT2D eigenvalue weighted by Gasteiger charge is -2.22. The molecule has 0 saturated carbocycles. The van der Waals surface area contributed by atoms with Gasteiger partial charge in [-0.05, 0) is 37.9 Å². The highest BCUT2D eigenvalue weighted by atomic mass is 19.2. The van der Waals surface area contributed by atoms with Gasteiger partial charge in [-0.25, -0.2) is 8.78 Å². The molecule has 1 aromatic rings. The lowest BCUT2D eigenvalue weighted by molar-refractivity contribution is -0.134. The maximum absolute atomic E-state index is 13.0. The van der Waals surface area contributed by atoms with Crippen LogP contribution in [0.2, 0.25) is 0 Å². The molecular formula is C15H18F2N2O2. The molecule has 114 valence electrons. The molecule has 1 fully saturated rings. The van der Waals surface area contributed by atoms with Gasteiger partial charge in [0.25, 0.3) is 5.91 Å². The minimum absolute atomic E-state index is 0.0723. The fraction of sp³-hybridized carbons (Fsp3) is 0.467. The number of carbonyl (C=O) groups is 2. The van der Waals surface area contributed by atoms with E-state index in [1.165, 1.54) is 6.07 Å². The Bertz CT molecular complexity index is 528. The van der Waals surface area contributed by atoms with Crippen molar-refractivity contribution in [2.24, 2.45) is 0 Å². The van der Waals surface area contributed by atoms with Crippen molar-refractivity contribution < 1.29 is 18.4 Å². The second-order valence-electron chi connectivity index (χ2n) is 5.19. The van der Waals surface area contributed by atoms with Crippen molar-refractivity contribution in [2.75, 3.05) is 11.9 Å². The fourth-order valence-electron chi connectivity index (χ4n) is 2.36. The third-order valence-electron chi connectivity index (χ3n) is 3.56. The second-order valence-corrected chi connectivity index (χ2v) is 5.19. The Morgan fingerprint density at radius 2 is 2.05 bits per heavy atom. The number of hydrogen-bond acceptors (Lipinski definition) is 3. The molecule has 1 aliphatic heterocycles. The van der Waals surface area contributed by atoms with Gasteiger partial charge in [-0.2, -0.15) is 0 Å². The number of rotatable bonds is 5. The van der Waals surface area contributed by atoms with E-state index in [9.17, 15) is 18.4 Å². The molecule has 1 heterocycles. The van der Waals surface area contributed by atoms with Crippen LogP contribution in [0.15, 0.2) is 18.2 Å². The topological polar surface area (TPSA) is 58.2 Å². The number of halogens is 2. The van der Waals surface area contributed by atoms with Crippen LogP contribution in [0.5, 0.6) is 0 Å². The van der Waals surface area contributed by atoms with Gasteiger partial charge in [0, 0.05) is 24.2 Å². The molecule has 1 aliphatic rings. The molecule has 2 N–H and O–H groups in total. The van der Waals surface area contributed by atoms with Crippen LogP contribution in [0.1, 0.15) is 32.1 Å².